The van der Waals surface area contributed by atoms with Crippen LogP contribution in [-0.2, 0) is 14.3 Å². The fourth-order valence-electron chi connectivity index (χ4n) is 2.65. The minimum absolute atomic E-state index is 0.0963. The maximum atomic E-state index is 12.1. The van der Waals surface area contributed by atoms with Crippen molar-refractivity contribution in [3.63, 3.8) is 0 Å². The Labute approximate surface area is 128 Å². The molecule has 0 bridgehead atoms. The normalized spacial score (nSPS) is 15.5. The summed E-state index contributed by atoms with van der Waals surface area (Å²) in [5.41, 5.74) is 1.23. The number of ether oxygens (including phenoxy) is 1. The van der Waals surface area contributed by atoms with Crippen molar-refractivity contribution in [1.29, 1.82) is 0 Å². The topological polar surface area (TPSA) is 43.4 Å². The van der Waals surface area contributed by atoms with E-state index in [0.717, 1.165) is 12.8 Å². The molecule has 0 saturated carbocycles. The van der Waals surface area contributed by atoms with Crippen molar-refractivity contribution in [2.24, 2.45) is 0 Å². The molecule has 0 heterocycles. The zero-order chi connectivity index (χ0) is 15.7. The van der Waals surface area contributed by atoms with E-state index in [1.54, 1.807) is 6.92 Å². The van der Waals surface area contributed by atoms with E-state index in [4.69, 9.17) is 4.74 Å². The van der Waals surface area contributed by atoms with Crippen LogP contribution in [0.4, 0.5) is 0 Å². The van der Waals surface area contributed by atoms with E-state index in [0.29, 0.717) is 17.6 Å². The molecule has 0 amide bonds. The molecule has 0 aromatic rings. The quantitative estimate of drug-likeness (QED) is 0.439. The van der Waals surface area contributed by atoms with Gasteiger partial charge < -0.3 is 4.74 Å². The molecule has 1 aliphatic rings. The number of unbranched alkanes of at least 4 members (excludes halogenated alkanes) is 7. The molecule has 0 aromatic carbocycles. The van der Waals surface area contributed by atoms with Crippen LogP contribution in [0.15, 0.2) is 23.0 Å². The van der Waals surface area contributed by atoms with Gasteiger partial charge in [0.05, 0.1) is 7.11 Å². The van der Waals surface area contributed by atoms with Gasteiger partial charge in [-0.3, -0.25) is 9.59 Å². The zero-order valence-corrected chi connectivity index (χ0v) is 13.7. The highest BCUT2D eigenvalue weighted by Crippen LogP contribution is 2.24. The Balaban J connectivity index is 2.32. The number of rotatable bonds is 10. The summed E-state index contributed by atoms with van der Waals surface area (Å²) in [6.45, 7) is 3.96. The monoisotopic (exact) mass is 292 g/mol. The predicted molar refractivity (Wildman–Crippen MR) is 85.0 cm³/mol. The third kappa shape index (κ3) is 5.49. The molecular formula is C18H28O3. The standard InChI is InChI=1S/C18H28O3/c1-4-5-6-7-8-9-10-11-12-15-14(2)16(19)13-17(21-3)18(15)20/h13H,4-12H2,1-3H3. The summed E-state index contributed by atoms with van der Waals surface area (Å²) in [4.78, 5) is 23.9. The first-order chi connectivity index (χ1) is 10.1. The zero-order valence-electron chi connectivity index (χ0n) is 13.7. The summed E-state index contributed by atoms with van der Waals surface area (Å²) in [6.07, 6.45) is 11.8. The first kappa shape index (κ1) is 17.7. The predicted octanol–water partition coefficient (Wildman–Crippen LogP) is 4.52. The van der Waals surface area contributed by atoms with Crippen LogP contribution in [0.3, 0.4) is 0 Å². The molecule has 118 valence electrons. The second-order valence-corrected chi connectivity index (χ2v) is 5.73. The van der Waals surface area contributed by atoms with Crippen molar-refractivity contribution < 1.29 is 14.3 Å². The SMILES string of the molecule is CCCCCCCCCCC1=C(C)C(=O)C=C(OC)C1=O. The molecule has 3 nitrogen and oxygen atoms in total. The summed E-state index contributed by atoms with van der Waals surface area (Å²) in [5.74, 6) is -0.0290. The van der Waals surface area contributed by atoms with Crippen LogP contribution in [-0.4, -0.2) is 18.7 Å². The summed E-state index contributed by atoms with van der Waals surface area (Å²) in [6, 6.07) is 0. The molecular weight excluding hydrogens is 264 g/mol. The number of hydrogen-bond acceptors (Lipinski definition) is 3. The molecule has 0 N–H and O–H groups in total. The summed E-state index contributed by atoms with van der Waals surface area (Å²) >= 11 is 0. The Kier molecular flexibility index (Phi) is 8.03. The van der Waals surface area contributed by atoms with Crippen LogP contribution in [0, 0.1) is 0 Å². The molecule has 0 unspecified atom stereocenters. The van der Waals surface area contributed by atoms with Crippen LogP contribution >= 0.6 is 0 Å². The van der Waals surface area contributed by atoms with Gasteiger partial charge in [-0.1, -0.05) is 51.9 Å². The molecule has 1 rings (SSSR count). The maximum Gasteiger partial charge on any atom is 0.224 e. The number of carbonyl (C=O) groups excluding carboxylic acids is 2. The van der Waals surface area contributed by atoms with Gasteiger partial charge in [0.25, 0.3) is 0 Å². The average molecular weight is 292 g/mol. The van der Waals surface area contributed by atoms with Gasteiger partial charge in [-0.2, -0.15) is 0 Å². The third-order valence-electron chi connectivity index (χ3n) is 4.08. The number of allylic oxidation sites excluding steroid dienone is 3. The van der Waals surface area contributed by atoms with Crippen molar-refractivity contribution in [3.8, 4) is 0 Å². The van der Waals surface area contributed by atoms with Gasteiger partial charge in [0.2, 0.25) is 5.78 Å². The van der Waals surface area contributed by atoms with Crippen LogP contribution in [0.25, 0.3) is 0 Å². The number of hydrogen-bond donors (Lipinski definition) is 0. The molecule has 0 spiro atoms. The van der Waals surface area contributed by atoms with Gasteiger partial charge in [-0.15, -0.1) is 0 Å². The number of Topliss-reactive ketones (excluding diaryl/α,β-unsaturated/α-hetero) is 1. The van der Waals surface area contributed by atoms with Crippen LogP contribution in [0.1, 0.15) is 71.6 Å². The number of ketones is 2. The van der Waals surface area contributed by atoms with Gasteiger partial charge in [-0.25, -0.2) is 0 Å². The summed E-state index contributed by atoms with van der Waals surface area (Å²) in [7, 11) is 1.44. The van der Waals surface area contributed by atoms with Gasteiger partial charge in [-0.05, 0) is 19.8 Å². The van der Waals surface area contributed by atoms with E-state index in [9.17, 15) is 9.59 Å². The Morgan fingerprint density at radius 3 is 2.10 bits per heavy atom. The van der Waals surface area contributed by atoms with Crippen molar-refractivity contribution in [2.75, 3.05) is 7.11 Å². The molecule has 0 fully saturated rings. The number of carbonyl (C=O) groups is 2. The average Bonchev–Trinajstić information content (AvgIpc) is 2.48. The minimum Gasteiger partial charge on any atom is -0.493 e. The van der Waals surface area contributed by atoms with E-state index >= 15 is 0 Å². The minimum atomic E-state index is -0.113. The molecule has 0 atom stereocenters. The fraction of sp³-hybridized carbons (Fsp3) is 0.667. The first-order valence-corrected chi connectivity index (χ1v) is 8.16. The van der Waals surface area contributed by atoms with E-state index in [1.807, 2.05) is 0 Å². The highest BCUT2D eigenvalue weighted by atomic mass is 16.5. The molecule has 21 heavy (non-hydrogen) atoms. The molecule has 0 aliphatic heterocycles. The van der Waals surface area contributed by atoms with Gasteiger partial charge in [0.15, 0.2) is 11.5 Å². The highest BCUT2D eigenvalue weighted by molar-refractivity contribution is 6.21. The smallest absolute Gasteiger partial charge is 0.224 e. The van der Waals surface area contributed by atoms with Crippen molar-refractivity contribution >= 4 is 11.6 Å². The molecule has 1 aliphatic carbocycles. The largest absolute Gasteiger partial charge is 0.493 e. The van der Waals surface area contributed by atoms with Crippen molar-refractivity contribution in [3.05, 3.63) is 23.0 Å². The second-order valence-electron chi connectivity index (χ2n) is 5.73. The first-order valence-electron chi connectivity index (χ1n) is 8.16. The van der Waals surface area contributed by atoms with Gasteiger partial charge >= 0.3 is 0 Å². The van der Waals surface area contributed by atoms with Crippen LogP contribution in [0.2, 0.25) is 0 Å². The molecule has 3 heteroatoms. The maximum absolute atomic E-state index is 12.1. The lowest BCUT2D eigenvalue weighted by molar-refractivity contribution is -0.118. The Hall–Kier alpha value is -1.38. The van der Waals surface area contributed by atoms with E-state index < -0.39 is 0 Å². The lowest BCUT2D eigenvalue weighted by atomic mass is 9.90. The van der Waals surface area contributed by atoms with Crippen molar-refractivity contribution in [2.45, 2.75) is 71.6 Å². The third-order valence-corrected chi connectivity index (χ3v) is 4.08. The lowest BCUT2D eigenvalue weighted by Crippen LogP contribution is -2.19. The highest BCUT2D eigenvalue weighted by Gasteiger charge is 2.26. The second kappa shape index (κ2) is 9.54. The van der Waals surface area contributed by atoms with Crippen LogP contribution < -0.4 is 0 Å². The lowest BCUT2D eigenvalue weighted by Gasteiger charge is -2.16. The van der Waals surface area contributed by atoms with Crippen LogP contribution in [0.5, 0.6) is 0 Å². The number of methoxy groups -OCH3 is 1. The molecule has 0 aromatic heterocycles. The molecule has 0 saturated heterocycles. The van der Waals surface area contributed by atoms with Gasteiger partial charge in [0.1, 0.15) is 0 Å². The Morgan fingerprint density at radius 1 is 0.952 bits per heavy atom. The van der Waals surface area contributed by atoms with E-state index in [2.05, 4.69) is 6.92 Å². The van der Waals surface area contributed by atoms with Gasteiger partial charge in [0, 0.05) is 17.2 Å². The Morgan fingerprint density at radius 2 is 1.52 bits per heavy atom. The fourth-order valence-corrected chi connectivity index (χ4v) is 2.65. The summed E-state index contributed by atoms with van der Waals surface area (Å²) in [5, 5.41) is 0. The molecule has 0 radical (unpaired) electrons. The summed E-state index contributed by atoms with van der Waals surface area (Å²) < 4.78 is 4.99. The van der Waals surface area contributed by atoms with E-state index in [-0.39, 0.29) is 17.3 Å². The van der Waals surface area contributed by atoms with Crippen molar-refractivity contribution in [1.82, 2.24) is 0 Å². The van der Waals surface area contributed by atoms with E-state index in [1.165, 1.54) is 51.7 Å². The Bertz CT molecular complexity index is 430.